The summed E-state index contributed by atoms with van der Waals surface area (Å²) in [5, 5.41) is 0. The lowest BCUT2D eigenvalue weighted by atomic mass is 9.82. The normalized spacial score (nSPS) is 25.0. The van der Waals surface area contributed by atoms with E-state index in [0.717, 1.165) is 18.9 Å². The summed E-state index contributed by atoms with van der Waals surface area (Å²) < 4.78 is 65.0. The highest BCUT2D eigenvalue weighted by molar-refractivity contribution is 7.92. The van der Waals surface area contributed by atoms with Gasteiger partial charge in [-0.3, -0.25) is 4.79 Å². The third kappa shape index (κ3) is 5.17. The Morgan fingerprint density at radius 3 is 2.23 bits per heavy atom. The van der Waals surface area contributed by atoms with Crippen molar-refractivity contribution in [1.29, 1.82) is 0 Å². The molecule has 5 nitrogen and oxygen atoms in total. The number of carbonyl (C=O) groups is 1. The molecule has 1 aromatic rings. The van der Waals surface area contributed by atoms with E-state index in [9.17, 15) is 26.4 Å². The Balaban J connectivity index is 1.64. The number of carbonyl (C=O) groups excluding carboxylic acids is 1. The third-order valence-corrected chi connectivity index (χ3v) is 8.00. The molecule has 2 bridgehead atoms. The molecule has 3 rings (SSSR count). The van der Waals surface area contributed by atoms with Crippen molar-refractivity contribution in [3.63, 3.8) is 0 Å². The van der Waals surface area contributed by atoms with E-state index in [1.54, 1.807) is 18.7 Å². The highest BCUT2D eigenvalue weighted by Gasteiger charge is 2.45. The number of rotatable bonds is 7. The molecule has 2 fully saturated rings. The predicted molar refractivity (Wildman–Crippen MR) is 108 cm³/mol. The minimum absolute atomic E-state index is 0.00802. The predicted octanol–water partition coefficient (Wildman–Crippen LogP) is 2.81. The van der Waals surface area contributed by atoms with Crippen LogP contribution in [0.3, 0.4) is 0 Å². The van der Waals surface area contributed by atoms with Gasteiger partial charge in [-0.05, 0) is 55.6 Å². The quantitative estimate of drug-likeness (QED) is 0.653. The fourth-order valence-electron chi connectivity index (χ4n) is 4.95. The maximum absolute atomic E-state index is 14.0. The second kappa shape index (κ2) is 8.86. The molecule has 2 saturated heterocycles. The Kier molecular flexibility index (Phi) is 6.81. The highest BCUT2D eigenvalue weighted by atomic mass is 32.2. The third-order valence-electron chi connectivity index (χ3n) is 6.14. The number of piperidine rings is 1. The topological polar surface area (TPSA) is 80.5 Å². The molecule has 1 amide bonds. The molecule has 0 radical (unpaired) electrons. The van der Waals surface area contributed by atoms with Crippen LogP contribution < -0.4 is 5.73 Å². The zero-order chi connectivity index (χ0) is 22.2. The van der Waals surface area contributed by atoms with Gasteiger partial charge in [-0.1, -0.05) is 13.8 Å². The van der Waals surface area contributed by atoms with Gasteiger partial charge in [0, 0.05) is 24.2 Å². The molecule has 1 unspecified atom stereocenters. The first kappa shape index (κ1) is 23.1. The molecule has 2 aliphatic heterocycles. The van der Waals surface area contributed by atoms with Gasteiger partial charge >= 0.3 is 0 Å². The van der Waals surface area contributed by atoms with Gasteiger partial charge in [0.05, 0.1) is 5.75 Å². The zero-order valence-corrected chi connectivity index (χ0v) is 18.1. The van der Waals surface area contributed by atoms with Crippen molar-refractivity contribution in [3.8, 4) is 0 Å². The molecule has 2 aliphatic rings. The number of amides is 1. The van der Waals surface area contributed by atoms with Crippen molar-refractivity contribution in [3.05, 3.63) is 35.1 Å². The fourth-order valence-corrected chi connectivity index (χ4v) is 6.61. The number of nitrogens with two attached hydrogens (primary N) is 1. The van der Waals surface area contributed by atoms with Crippen molar-refractivity contribution in [2.75, 3.05) is 11.5 Å². The standard InChI is InChI=1S/C21H29F3N2O3S/c1-12(2)10-30(28,29)11-21(27)26-15-3-4-16(26)6-14(5-15)20(25)8-13-7-18(23)19(24)9-17(13)22/h7,9,12,14-16,20H,3-6,8,10-11,25H2,1-2H3/t14?,15-,16+,20-/m1/s1. The number of nitrogens with zero attached hydrogens (tertiary/aromatic N) is 1. The number of hydrogen-bond donors (Lipinski definition) is 1. The zero-order valence-electron chi connectivity index (χ0n) is 17.3. The molecule has 0 aromatic heterocycles. The molecule has 0 aliphatic carbocycles. The van der Waals surface area contributed by atoms with Gasteiger partial charge in [-0.15, -0.1) is 0 Å². The minimum Gasteiger partial charge on any atom is -0.336 e. The van der Waals surface area contributed by atoms with Gasteiger partial charge in [0.25, 0.3) is 0 Å². The Labute approximate surface area is 175 Å². The van der Waals surface area contributed by atoms with E-state index in [1.165, 1.54) is 0 Å². The van der Waals surface area contributed by atoms with Crippen LogP contribution in [0.5, 0.6) is 0 Å². The summed E-state index contributed by atoms with van der Waals surface area (Å²) in [5.74, 6) is -4.07. The van der Waals surface area contributed by atoms with Crippen LogP contribution in [-0.2, 0) is 21.1 Å². The van der Waals surface area contributed by atoms with E-state index in [-0.39, 0.29) is 47.6 Å². The monoisotopic (exact) mass is 446 g/mol. The first-order valence-electron chi connectivity index (χ1n) is 10.4. The summed E-state index contributed by atoms with van der Waals surface area (Å²) in [7, 11) is -3.46. The molecule has 2 heterocycles. The second-order valence-corrected chi connectivity index (χ2v) is 11.2. The molecular formula is C21H29F3N2O3S. The van der Waals surface area contributed by atoms with Crippen LogP contribution in [-0.4, -0.2) is 48.9 Å². The van der Waals surface area contributed by atoms with Crippen molar-refractivity contribution in [2.45, 2.75) is 64.1 Å². The van der Waals surface area contributed by atoms with Gasteiger partial charge in [-0.25, -0.2) is 21.6 Å². The summed E-state index contributed by atoms with van der Waals surface area (Å²) in [6.07, 6.45) is 2.83. The van der Waals surface area contributed by atoms with E-state index < -0.39 is 39.1 Å². The van der Waals surface area contributed by atoms with Crippen LogP contribution in [0.25, 0.3) is 0 Å². The van der Waals surface area contributed by atoms with Crippen LogP contribution in [0, 0.1) is 29.3 Å². The van der Waals surface area contributed by atoms with Crippen LogP contribution in [0.4, 0.5) is 13.2 Å². The Morgan fingerprint density at radius 2 is 1.67 bits per heavy atom. The van der Waals surface area contributed by atoms with Gasteiger partial charge in [0.2, 0.25) is 5.91 Å². The summed E-state index contributed by atoms with van der Waals surface area (Å²) in [4.78, 5) is 14.4. The van der Waals surface area contributed by atoms with Crippen LogP contribution in [0.15, 0.2) is 12.1 Å². The van der Waals surface area contributed by atoms with Crippen molar-refractivity contribution in [2.24, 2.45) is 17.6 Å². The van der Waals surface area contributed by atoms with Crippen LogP contribution in [0.2, 0.25) is 0 Å². The Bertz CT molecular complexity index is 893. The number of benzene rings is 1. The van der Waals surface area contributed by atoms with Gasteiger partial charge in [0.1, 0.15) is 11.6 Å². The van der Waals surface area contributed by atoms with Crippen LogP contribution >= 0.6 is 0 Å². The van der Waals surface area contributed by atoms with E-state index in [2.05, 4.69) is 0 Å². The second-order valence-electron chi connectivity index (χ2n) is 9.09. The van der Waals surface area contributed by atoms with Gasteiger partial charge in [-0.2, -0.15) is 0 Å². The largest absolute Gasteiger partial charge is 0.336 e. The summed E-state index contributed by atoms with van der Waals surface area (Å²) >= 11 is 0. The SMILES string of the molecule is CC(C)CS(=O)(=O)CC(=O)N1[C@@H]2CC[C@H]1CC([C@H](N)Cc1cc(F)c(F)cc1F)C2. The molecule has 168 valence electrons. The first-order valence-corrected chi connectivity index (χ1v) is 12.2. The molecular weight excluding hydrogens is 417 g/mol. The van der Waals surface area contributed by atoms with E-state index in [4.69, 9.17) is 5.73 Å². The molecule has 9 heteroatoms. The van der Waals surface area contributed by atoms with E-state index >= 15 is 0 Å². The molecule has 0 saturated carbocycles. The van der Waals surface area contributed by atoms with Crippen molar-refractivity contribution >= 4 is 15.7 Å². The molecule has 4 atom stereocenters. The number of fused-ring (bicyclic) bond motifs is 2. The summed E-state index contributed by atoms with van der Waals surface area (Å²) in [6.45, 7) is 3.60. The summed E-state index contributed by atoms with van der Waals surface area (Å²) in [6, 6.07) is 0.735. The molecule has 30 heavy (non-hydrogen) atoms. The highest BCUT2D eigenvalue weighted by Crippen LogP contribution is 2.40. The first-order chi connectivity index (χ1) is 14.0. The average molecular weight is 447 g/mol. The lowest BCUT2D eigenvalue weighted by Crippen LogP contribution is -2.51. The number of halogens is 3. The van der Waals surface area contributed by atoms with E-state index in [1.807, 2.05) is 0 Å². The number of hydrogen-bond acceptors (Lipinski definition) is 4. The Hall–Kier alpha value is -1.61. The van der Waals surface area contributed by atoms with E-state index in [0.29, 0.717) is 18.9 Å². The Morgan fingerprint density at radius 1 is 1.10 bits per heavy atom. The molecule has 0 spiro atoms. The minimum atomic E-state index is -3.46. The lowest BCUT2D eigenvalue weighted by molar-refractivity contribution is -0.133. The fraction of sp³-hybridized carbons (Fsp3) is 0.667. The maximum atomic E-state index is 14.0. The average Bonchev–Trinajstić information content (AvgIpc) is 2.88. The van der Waals surface area contributed by atoms with Crippen LogP contribution in [0.1, 0.15) is 45.1 Å². The summed E-state index contributed by atoms with van der Waals surface area (Å²) in [5.41, 5.74) is 6.32. The molecule has 2 N–H and O–H groups in total. The van der Waals surface area contributed by atoms with Gasteiger partial charge in [0.15, 0.2) is 21.5 Å². The lowest BCUT2D eigenvalue weighted by Gasteiger charge is -2.41. The van der Waals surface area contributed by atoms with Crippen molar-refractivity contribution < 1.29 is 26.4 Å². The van der Waals surface area contributed by atoms with Gasteiger partial charge < -0.3 is 10.6 Å². The molecule has 1 aromatic carbocycles. The maximum Gasteiger partial charge on any atom is 0.238 e. The smallest absolute Gasteiger partial charge is 0.238 e. The van der Waals surface area contributed by atoms with Crippen molar-refractivity contribution in [1.82, 2.24) is 4.90 Å². The number of sulfone groups is 1.